The summed E-state index contributed by atoms with van der Waals surface area (Å²) in [5, 5.41) is 0. The van der Waals surface area contributed by atoms with Gasteiger partial charge >= 0.3 is 0 Å². The van der Waals surface area contributed by atoms with Crippen molar-refractivity contribution in [3.05, 3.63) is 24.3 Å². The van der Waals surface area contributed by atoms with Gasteiger partial charge in [0.25, 0.3) is 0 Å². The second-order valence-electron chi connectivity index (χ2n) is 8.02. The fraction of sp³-hybridized carbons (Fsp3) is 0.727. The van der Waals surface area contributed by atoms with Crippen molar-refractivity contribution in [2.75, 3.05) is 40.9 Å². The maximum Gasteiger partial charge on any atom is 0.160 e. The Bertz CT molecular complexity index is 522. The first-order chi connectivity index (χ1) is 12.7. The molecule has 3 unspecified atom stereocenters. The van der Waals surface area contributed by atoms with Crippen molar-refractivity contribution in [2.45, 2.75) is 57.0 Å². The Hall–Kier alpha value is -1.26. The molecule has 4 heteroatoms. The van der Waals surface area contributed by atoms with Crippen molar-refractivity contribution in [3.63, 3.8) is 0 Å². The highest BCUT2D eigenvalue weighted by atomic mass is 16.5. The number of hydrogen-bond donors (Lipinski definition) is 0. The molecule has 2 aliphatic heterocycles. The van der Waals surface area contributed by atoms with E-state index in [1.54, 1.807) is 14.2 Å². The van der Waals surface area contributed by atoms with Gasteiger partial charge in [-0.3, -0.25) is 0 Å². The third kappa shape index (κ3) is 4.72. The van der Waals surface area contributed by atoms with E-state index in [4.69, 9.17) is 9.47 Å². The van der Waals surface area contributed by atoms with Gasteiger partial charge in [-0.15, -0.1) is 0 Å². The van der Waals surface area contributed by atoms with Crippen molar-refractivity contribution in [3.8, 4) is 11.5 Å². The van der Waals surface area contributed by atoms with Crippen LogP contribution in [0.2, 0.25) is 0 Å². The molecule has 0 amide bonds. The molecule has 146 valence electrons. The third-order valence-corrected chi connectivity index (χ3v) is 6.54. The Labute approximate surface area is 159 Å². The van der Waals surface area contributed by atoms with E-state index in [0.29, 0.717) is 0 Å². The Kier molecular flexibility index (Phi) is 7.21. The van der Waals surface area contributed by atoms with Gasteiger partial charge in [0.05, 0.1) is 14.2 Å². The summed E-state index contributed by atoms with van der Waals surface area (Å²) in [5.41, 5.74) is 0. The zero-order chi connectivity index (χ0) is 18.4. The van der Waals surface area contributed by atoms with Crippen molar-refractivity contribution in [2.24, 2.45) is 5.92 Å². The smallest absolute Gasteiger partial charge is 0.160 e. The summed E-state index contributed by atoms with van der Waals surface area (Å²) >= 11 is 0. The van der Waals surface area contributed by atoms with Crippen LogP contribution < -0.4 is 9.47 Å². The van der Waals surface area contributed by atoms with Crippen LogP contribution in [0.25, 0.3) is 0 Å². The maximum absolute atomic E-state index is 5.01. The summed E-state index contributed by atoms with van der Waals surface area (Å²) in [6.07, 6.45) is 10.3. The van der Waals surface area contributed by atoms with Crippen LogP contribution in [0.15, 0.2) is 24.3 Å². The van der Waals surface area contributed by atoms with Crippen LogP contribution in [-0.4, -0.2) is 62.8 Å². The zero-order valence-electron chi connectivity index (χ0n) is 16.8. The fourth-order valence-corrected chi connectivity index (χ4v) is 5.00. The van der Waals surface area contributed by atoms with E-state index in [1.165, 1.54) is 64.6 Å². The van der Waals surface area contributed by atoms with Crippen LogP contribution in [0, 0.1) is 5.92 Å². The first-order valence-electron chi connectivity index (χ1n) is 10.3. The van der Waals surface area contributed by atoms with Gasteiger partial charge in [-0.1, -0.05) is 18.6 Å². The van der Waals surface area contributed by atoms with Crippen LogP contribution in [0.5, 0.6) is 11.5 Å². The lowest BCUT2D eigenvalue weighted by Crippen LogP contribution is -2.46. The van der Waals surface area contributed by atoms with E-state index in [1.807, 2.05) is 24.3 Å². The molecule has 3 atom stereocenters. The van der Waals surface area contributed by atoms with Crippen LogP contribution in [0.4, 0.5) is 0 Å². The van der Waals surface area contributed by atoms with E-state index in [-0.39, 0.29) is 0 Å². The highest BCUT2D eigenvalue weighted by Crippen LogP contribution is 2.37. The maximum atomic E-state index is 5.01. The van der Waals surface area contributed by atoms with Crippen molar-refractivity contribution in [1.29, 1.82) is 0 Å². The van der Waals surface area contributed by atoms with Gasteiger partial charge in [-0.25, -0.2) is 0 Å². The first kappa shape index (κ1) is 19.5. The van der Waals surface area contributed by atoms with E-state index in [0.717, 1.165) is 29.5 Å². The molecule has 0 spiro atoms. The minimum absolute atomic E-state index is 0.769. The SMILES string of the molecule is CN1CCC2CCC(N3CCCCC3)CC21.COc1ccccc1OC. The molecule has 26 heavy (non-hydrogen) atoms. The Balaban J connectivity index is 0.000000170. The first-order valence-corrected chi connectivity index (χ1v) is 10.3. The number of methoxy groups -OCH3 is 2. The van der Waals surface area contributed by atoms with Gasteiger partial charge in [0.15, 0.2) is 11.5 Å². The molecule has 2 heterocycles. The minimum Gasteiger partial charge on any atom is -0.493 e. The summed E-state index contributed by atoms with van der Waals surface area (Å²) in [6, 6.07) is 9.36. The third-order valence-electron chi connectivity index (χ3n) is 6.54. The molecule has 2 saturated heterocycles. The highest BCUT2D eigenvalue weighted by molar-refractivity contribution is 5.39. The standard InChI is InChI=1S/C14H26N2.C8H10O2/c1-15-10-7-12-5-6-13(11-14(12)15)16-8-3-2-4-9-16;1-9-7-5-3-4-6-8(7)10-2/h12-14H,2-11H2,1H3;3-6H,1-2H3. The summed E-state index contributed by atoms with van der Waals surface area (Å²) in [4.78, 5) is 5.42. The van der Waals surface area contributed by atoms with Gasteiger partial charge in [-0.2, -0.15) is 0 Å². The van der Waals surface area contributed by atoms with E-state index in [9.17, 15) is 0 Å². The zero-order valence-corrected chi connectivity index (χ0v) is 16.8. The fourth-order valence-electron chi connectivity index (χ4n) is 5.00. The summed E-state index contributed by atoms with van der Waals surface area (Å²) < 4.78 is 10.0. The average Bonchev–Trinajstić information content (AvgIpc) is 3.09. The molecular weight excluding hydrogens is 324 g/mol. The van der Waals surface area contributed by atoms with E-state index >= 15 is 0 Å². The Morgan fingerprint density at radius 2 is 1.50 bits per heavy atom. The molecule has 0 bridgehead atoms. The van der Waals surface area contributed by atoms with Gasteiger partial charge in [0.2, 0.25) is 0 Å². The van der Waals surface area contributed by atoms with Gasteiger partial charge in [0, 0.05) is 12.1 Å². The topological polar surface area (TPSA) is 24.9 Å². The molecule has 1 aliphatic carbocycles. The monoisotopic (exact) mass is 360 g/mol. The minimum atomic E-state index is 0.769. The second-order valence-corrected chi connectivity index (χ2v) is 8.02. The number of hydrogen-bond acceptors (Lipinski definition) is 4. The van der Waals surface area contributed by atoms with Crippen LogP contribution in [-0.2, 0) is 0 Å². The molecule has 4 nitrogen and oxygen atoms in total. The van der Waals surface area contributed by atoms with Crippen LogP contribution >= 0.6 is 0 Å². The number of benzene rings is 1. The largest absolute Gasteiger partial charge is 0.493 e. The Morgan fingerprint density at radius 1 is 0.846 bits per heavy atom. The number of piperidine rings is 1. The number of nitrogens with zero attached hydrogens (tertiary/aromatic N) is 2. The van der Waals surface area contributed by atoms with E-state index in [2.05, 4.69) is 16.8 Å². The molecule has 1 aromatic rings. The lowest BCUT2D eigenvalue weighted by molar-refractivity contribution is 0.0831. The number of para-hydroxylation sites is 2. The van der Waals surface area contributed by atoms with Gasteiger partial charge in [-0.05, 0) is 83.3 Å². The van der Waals surface area contributed by atoms with E-state index < -0.39 is 0 Å². The lowest BCUT2D eigenvalue weighted by atomic mass is 9.81. The predicted molar refractivity (Wildman–Crippen MR) is 107 cm³/mol. The quantitative estimate of drug-likeness (QED) is 0.812. The number of rotatable bonds is 3. The Morgan fingerprint density at radius 3 is 2.12 bits per heavy atom. The summed E-state index contributed by atoms with van der Waals surface area (Å²) in [6.45, 7) is 4.11. The number of likely N-dealkylation sites (tertiary alicyclic amines) is 2. The average molecular weight is 361 g/mol. The van der Waals surface area contributed by atoms with Gasteiger partial charge in [0.1, 0.15) is 0 Å². The highest BCUT2D eigenvalue weighted by Gasteiger charge is 2.38. The molecule has 1 aromatic carbocycles. The molecule has 3 fully saturated rings. The normalized spacial score (nSPS) is 29.4. The lowest BCUT2D eigenvalue weighted by Gasteiger charge is -2.42. The second kappa shape index (κ2) is 9.61. The molecule has 0 aromatic heterocycles. The van der Waals surface area contributed by atoms with Gasteiger partial charge < -0.3 is 19.3 Å². The molecular formula is C22H36N2O2. The summed E-state index contributed by atoms with van der Waals surface area (Å²) in [7, 11) is 5.58. The molecule has 0 N–H and O–H groups in total. The molecule has 3 aliphatic rings. The van der Waals surface area contributed by atoms with Crippen molar-refractivity contribution in [1.82, 2.24) is 9.80 Å². The summed E-state index contributed by atoms with van der Waals surface area (Å²) in [5.74, 6) is 2.57. The van der Waals surface area contributed by atoms with Crippen molar-refractivity contribution >= 4 is 0 Å². The molecule has 0 radical (unpaired) electrons. The molecule has 1 saturated carbocycles. The van der Waals surface area contributed by atoms with Crippen molar-refractivity contribution < 1.29 is 9.47 Å². The molecule has 4 rings (SSSR count). The predicted octanol–water partition coefficient (Wildman–Crippen LogP) is 4.05. The van der Waals surface area contributed by atoms with Crippen LogP contribution in [0.3, 0.4) is 0 Å². The number of fused-ring (bicyclic) bond motifs is 1. The number of ether oxygens (including phenoxy) is 2. The van der Waals surface area contributed by atoms with Crippen LogP contribution in [0.1, 0.15) is 44.9 Å².